The Morgan fingerprint density at radius 3 is 2.69 bits per heavy atom. The van der Waals surface area contributed by atoms with Crippen LogP contribution >= 0.6 is 23.8 Å². The summed E-state index contributed by atoms with van der Waals surface area (Å²) in [5.41, 5.74) is 1.15. The van der Waals surface area contributed by atoms with Crippen molar-refractivity contribution in [2.45, 2.75) is 0 Å². The number of rotatable bonds is 4. The molecular formula is C21H16ClN5O4S. The van der Waals surface area contributed by atoms with Crippen LogP contribution in [0.4, 0.5) is 11.5 Å². The lowest BCUT2D eigenvalue weighted by atomic mass is 10.3. The number of carbonyl (C=O) groups excluding carboxylic acids is 2. The third-order valence-electron chi connectivity index (χ3n) is 4.77. The van der Waals surface area contributed by atoms with E-state index < -0.39 is 11.9 Å². The number of benzene rings is 2. The van der Waals surface area contributed by atoms with Crippen LogP contribution in [0.3, 0.4) is 0 Å². The molecular weight excluding hydrogens is 454 g/mol. The maximum atomic E-state index is 13.2. The van der Waals surface area contributed by atoms with Gasteiger partial charge in [-0.25, -0.2) is 19.7 Å². The standard InChI is InChI=1S/C21H16ClN5O4S/c1-24(18-12-25(30)16-10-13(22)8-9-15(16)23-18)27-17(11-19(28)31-2)20(29)26(21(27)32)14-6-4-3-5-7-14/h3-12H,1-2H3/b17-11+. The van der Waals surface area contributed by atoms with Crippen LogP contribution in [-0.4, -0.2) is 41.1 Å². The van der Waals surface area contributed by atoms with E-state index in [-0.39, 0.29) is 22.1 Å². The van der Waals surface area contributed by atoms with Gasteiger partial charge in [-0.3, -0.25) is 9.80 Å². The molecule has 0 N–H and O–H groups in total. The second kappa shape index (κ2) is 8.40. The topological polar surface area (TPSA) is 92.9 Å². The maximum absolute atomic E-state index is 13.2. The number of nitrogens with zero attached hydrogens (tertiary/aromatic N) is 5. The normalized spacial score (nSPS) is 15.0. The summed E-state index contributed by atoms with van der Waals surface area (Å²) in [5, 5.41) is 15.8. The van der Waals surface area contributed by atoms with E-state index in [4.69, 9.17) is 28.6 Å². The average molecular weight is 470 g/mol. The molecule has 9 nitrogen and oxygen atoms in total. The molecule has 1 aliphatic rings. The summed E-state index contributed by atoms with van der Waals surface area (Å²) < 4.78 is 5.33. The third-order valence-corrected chi connectivity index (χ3v) is 5.36. The van der Waals surface area contributed by atoms with Gasteiger partial charge in [-0.05, 0) is 36.5 Å². The van der Waals surface area contributed by atoms with E-state index in [1.165, 1.54) is 34.3 Å². The SMILES string of the molecule is COC(=O)/C=C1\C(=O)N(c2ccccc2)C(=S)N1N(C)c1c[n+]([O-])c2cc(Cl)ccc2n1. The molecule has 1 saturated heterocycles. The Balaban J connectivity index is 1.82. The predicted molar refractivity (Wildman–Crippen MR) is 123 cm³/mol. The Hall–Kier alpha value is -3.76. The van der Waals surface area contributed by atoms with Crippen molar-refractivity contribution < 1.29 is 19.1 Å². The zero-order chi connectivity index (χ0) is 23.0. The second-order valence-electron chi connectivity index (χ2n) is 6.70. The van der Waals surface area contributed by atoms with Gasteiger partial charge in [0.2, 0.25) is 22.6 Å². The molecule has 0 bridgehead atoms. The van der Waals surface area contributed by atoms with Crippen molar-refractivity contribution in [1.29, 1.82) is 0 Å². The summed E-state index contributed by atoms with van der Waals surface area (Å²) in [6.45, 7) is 0. The fourth-order valence-electron chi connectivity index (χ4n) is 3.23. The van der Waals surface area contributed by atoms with Crippen LogP contribution < -0.4 is 14.6 Å². The summed E-state index contributed by atoms with van der Waals surface area (Å²) in [4.78, 5) is 31.0. The molecule has 11 heteroatoms. The highest BCUT2D eigenvalue weighted by atomic mass is 35.5. The number of hydrogen-bond acceptors (Lipinski definition) is 7. The first kappa shape index (κ1) is 21.5. The number of esters is 1. The largest absolute Gasteiger partial charge is 0.618 e. The zero-order valence-electron chi connectivity index (χ0n) is 16.9. The maximum Gasteiger partial charge on any atom is 0.332 e. The fourth-order valence-corrected chi connectivity index (χ4v) is 3.81. The van der Waals surface area contributed by atoms with Gasteiger partial charge in [0.15, 0.2) is 0 Å². The van der Waals surface area contributed by atoms with Crippen LogP contribution in [-0.2, 0) is 14.3 Å². The number of aromatic nitrogens is 2. The number of amides is 1. The molecule has 1 fully saturated rings. The number of anilines is 2. The van der Waals surface area contributed by atoms with E-state index >= 15 is 0 Å². The molecule has 2 aromatic carbocycles. The molecule has 2 heterocycles. The molecule has 0 unspecified atom stereocenters. The number of halogens is 1. The lowest BCUT2D eigenvalue weighted by Crippen LogP contribution is -2.44. The Labute approximate surface area is 193 Å². The number of carbonyl (C=O) groups is 2. The van der Waals surface area contributed by atoms with E-state index in [1.54, 1.807) is 49.5 Å². The number of hydrazine groups is 1. The number of hydrogen-bond donors (Lipinski definition) is 0. The van der Waals surface area contributed by atoms with Gasteiger partial charge < -0.3 is 9.94 Å². The summed E-state index contributed by atoms with van der Waals surface area (Å²) in [6, 6.07) is 13.5. The highest BCUT2D eigenvalue weighted by molar-refractivity contribution is 7.80. The number of para-hydroxylation sites is 1. The van der Waals surface area contributed by atoms with Gasteiger partial charge in [0.1, 0.15) is 11.2 Å². The molecule has 4 rings (SSSR count). The molecule has 1 aromatic heterocycles. The predicted octanol–water partition coefficient (Wildman–Crippen LogP) is 2.56. The molecule has 0 atom stereocenters. The lowest BCUT2D eigenvalue weighted by Gasteiger charge is -2.29. The van der Waals surface area contributed by atoms with Crippen LogP contribution in [0.5, 0.6) is 0 Å². The Bertz CT molecular complexity index is 1280. The number of methoxy groups -OCH3 is 1. The molecule has 3 aromatic rings. The lowest BCUT2D eigenvalue weighted by molar-refractivity contribution is -0.576. The first-order chi connectivity index (χ1) is 15.3. The van der Waals surface area contributed by atoms with Gasteiger partial charge in [0, 0.05) is 18.1 Å². The molecule has 162 valence electrons. The van der Waals surface area contributed by atoms with Gasteiger partial charge in [0.05, 0.1) is 18.9 Å². The smallest absolute Gasteiger partial charge is 0.332 e. The Morgan fingerprint density at radius 2 is 2.00 bits per heavy atom. The zero-order valence-corrected chi connectivity index (χ0v) is 18.5. The third kappa shape index (κ3) is 3.70. The van der Waals surface area contributed by atoms with E-state index in [1.807, 2.05) is 0 Å². The van der Waals surface area contributed by atoms with Gasteiger partial charge in [-0.1, -0.05) is 29.8 Å². The minimum absolute atomic E-state index is 0.0522. The first-order valence-electron chi connectivity index (χ1n) is 9.28. The van der Waals surface area contributed by atoms with Crippen molar-refractivity contribution in [2.24, 2.45) is 0 Å². The van der Waals surface area contributed by atoms with Crippen molar-refractivity contribution in [3.63, 3.8) is 0 Å². The van der Waals surface area contributed by atoms with Crippen molar-refractivity contribution in [3.8, 4) is 0 Å². The van der Waals surface area contributed by atoms with Gasteiger partial charge in [-0.15, -0.1) is 0 Å². The molecule has 0 aliphatic carbocycles. The summed E-state index contributed by atoms with van der Waals surface area (Å²) in [7, 11) is 2.78. The quantitative estimate of drug-likeness (QED) is 0.189. The van der Waals surface area contributed by atoms with Crippen LogP contribution in [0.25, 0.3) is 11.0 Å². The molecule has 1 aliphatic heterocycles. The molecule has 0 spiro atoms. The molecule has 32 heavy (non-hydrogen) atoms. The van der Waals surface area contributed by atoms with Crippen LogP contribution in [0, 0.1) is 5.21 Å². The van der Waals surface area contributed by atoms with Crippen molar-refractivity contribution >= 4 is 63.3 Å². The number of thiocarbonyl (C=S) groups is 1. The fraction of sp³-hybridized carbons (Fsp3) is 0.0952. The highest BCUT2D eigenvalue weighted by Crippen LogP contribution is 2.30. The molecule has 1 amide bonds. The van der Waals surface area contributed by atoms with Gasteiger partial charge >= 0.3 is 5.97 Å². The van der Waals surface area contributed by atoms with Crippen LogP contribution in [0.15, 0.2) is 66.5 Å². The Kier molecular flexibility index (Phi) is 5.64. The van der Waals surface area contributed by atoms with E-state index in [2.05, 4.69) is 4.98 Å². The summed E-state index contributed by atoms with van der Waals surface area (Å²) in [6.07, 6.45) is 2.27. The van der Waals surface area contributed by atoms with Gasteiger partial charge in [0.25, 0.3) is 5.91 Å². The summed E-state index contributed by atoms with van der Waals surface area (Å²) >= 11 is 11.6. The number of fused-ring (bicyclic) bond motifs is 1. The van der Waals surface area contributed by atoms with Crippen LogP contribution in [0.2, 0.25) is 5.02 Å². The van der Waals surface area contributed by atoms with Gasteiger partial charge in [-0.2, -0.15) is 4.73 Å². The minimum atomic E-state index is -0.732. The van der Waals surface area contributed by atoms with E-state index in [9.17, 15) is 14.8 Å². The van der Waals surface area contributed by atoms with Crippen molar-refractivity contribution in [1.82, 2.24) is 9.99 Å². The average Bonchev–Trinajstić information content (AvgIpc) is 3.03. The summed E-state index contributed by atoms with van der Waals surface area (Å²) in [5.74, 6) is -1.07. The molecule has 0 saturated carbocycles. The first-order valence-corrected chi connectivity index (χ1v) is 10.1. The van der Waals surface area contributed by atoms with Crippen molar-refractivity contribution in [3.05, 3.63) is 76.7 Å². The number of ether oxygens (including phenoxy) is 1. The van der Waals surface area contributed by atoms with Crippen LogP contribution in [0.1, 0.15) is 0 Å². The second-order valence-corrected chi connectivity index (χ2v) is 7.51. The van der Waals surface area contributed by atoms with Crippen molar-refractivity contribution in [2.75, 3.05) is 24.1 Å². The van der Waals surface area contributed by atoms with E-state index in [0.717, 1.165) is 6.08 Å². The highest BCUT2D eigenvalue weighted by Gasteiger charge is 2.42. The van der Waals surface area contributed by atoms with E-state index in [0.29, 0.717) is 21.0 Å². The Morgan fingerprint density at radius 1 is 1.28 bits per heavy atom. The molecule has 0 radical (unpaired) electrons. The minimum Gasteiger partial charge on any atom is -0.618 e. The monoisotopic (exact) mass is 469 g/mol.